The number of carboxylic acid groups (broad SMARTS) is 1. The Kier molecular flexibility index (Phi) is 6.73. The number of amides is 1. The normalized spacial score (nSPS) is 13.6. The lowest BCUT2D eigenvalue weighted by Gasteiger charge is -2.19. The predicted octanol–water partition coefficient (Wildman–Crippen LogP) is 5.81. The van der Waals surface area contributed by atoms with Crippen LogP contribution in [0.4, 0.5) is 4.79 Å². The second-order valence-corrected chi connectivity index (χ2v) is 10.1. The van der Waals surface area contributed by atoms with Crippen LogP contribution in [0.2, 0.25) is 0 Å². The van der Waals surface area contributed by atoms with Crippen molar-refractivity contribution in [2.24, 2.45) is 5.41 Å². The van der Waals surface area contributed by atoms with Crippen molar-refractivity contribution in [3.05, 3.63) is 95.1 Å². The summed E-state index contributed by atoms with van der Waals surface area (Å²) >= 11 is 0. The van der Waals surface area contributed by atoms with Gasteiger partial charge in [-0.05, 0) is 45.2 Å². The molecular weight excluding hydrogens is 426 g/mol. The molecule has 34 heavy (non-hydrogen) atoms. The second kappa shape index (κ2) is 9.72. The number of aliphatic carboxylic acids is 1. The molecule has 0 radical (unpaired) electrons. The van der Waals surface area contributed by atoms with Crippen molar-refractivity contribution in [1.82, 2.24) is 5.32 Å². The van der Waals surface area contributed by atoms with E-state index < -0.39 is 18.1 Å². The topological polar surface area (TPSA) is 75.6 Å². The van der Waals surface area contributed by atoms with E-state index in [2.05, 4.69) is 38.2 Å². The number of ether oxygens (including phenoxy) is 1. The Morgan fingerprint density at radius 1 is 0.882 bits per heavy atom. The lowest BCUT2D eigenvalue weighted by Crippen LogP contribution is -2.42. The van der Waals surface area contributed by atoms with Crippen LogP contribution in [-0.2, 0) is 22.4 Å². The van der Waals surface area contributed by atoms with Crippen LogP contribution >= 0.6 is 0 Å². The molecule has 2 N–H and O–H groups in total. The molecule has 0 saturated carbocycles. The number of carbonyl (C=O) groups excluding carboxylic acids is 1. The van der Waals surface area contributed by atoms with Gasteiger partial charge in [-0.2, -0.15) is 0 Å². The Bertz CT molecular complexity index is 1130. The molecule has 3 aromatic carbocycles. The maximum Gasteiger partial charge on any atom is 0.407 e. The van der Waals surface area contributed by atoms with Gasteiger partial charge in [0.15, 0.2) is 0 Å². The smallest absolute Gasteiger partial charge is 0.407 e. The minimum Gasteiger partial charge on any atom is -0.480 e. The zero-order chi connectivity index (χ0) is 24.3. The molecular formula is C29H31NO4. The Morgan fingerprint density at radius 2 is 1.41 bits per heavy atom. The fourth-order valence-electron chi connectivity index (χ4n) is 4.62. The van der Waals surface area contributed by atoms with Gasteiger partial charge < -0.3 is 15.2 Å². The zero-order valence-corrected chi connectivity index (χ0v) is 19.9. The molecule has 5 heteroatoms. The number of hydrogen-bond donors (Lipinski definition) is 2. The molecule has 0 bridgehead atoms. The van der Waals surface area contributed by atoms with Gasteiger partial charge in [0.1, 0.15) is 12.6 Å². The minimum absolute atomic E-state index is 0.0724. The van der Waals surface area contributed by atoms with Crippen molar-refractivity contribution in [2.75, 3.05) is 6.61 Å². The van der Waals surface area contributed by atoms with E-state index in [1.165, 1.54) is 5.56 Å². The van der Waals surface area contributed by atoms with E-state index in [1.807, 2.05) is 60.7 Å². The summed E-state index contributed by atoms with van der Waals surface area (Å²) in [5.41, 5.74) is 6.74. The average molecular weight is 458 g/mol. The van der Waals surface area contributed by atoms with Crippen molar-refractivity contribution >= 4 is 12.1 Å². The number of fused-ring (bicyclic) bond motifs is 3. The SMILES string of the molecule is CC(C)(C)Cc1ccc(CC(NC(=O)OCC2c3ccccc3-c3ccccc32)C(=O)O)cc1. The summed E-state index contributed by atoms with van der Waals surface area (Å²) in [6.45, 7) is 6.69. The highest BCUT2D eigenvalue weighted by molar-refractivity contribution is 5.81. The molecule has 0 aliphatic heterocycles. The van der Waals surface area contributed by atoms with Gasteiger partial charge in [-0.15, -0.1) is 0 Å². The lowest BCUT2D eigenvalue weighted by atomic mass is 9.88. The number of carboxylic acids is 1. The summed E-state index contributed by atoms with van der Waals surface area (Å²) in [6.07, 6.45) is 0.404. The second-order valence-electron chi connectivity index (χ2n) is 10.1. The highest BCUT2D eigenvalue weighted by atomic mass is 16.5. The molecule has 5 nitrogen and oxygen atoms in total. The summed E-state index contributed by atoms with van der Waals surface area (Å²) in [7, 11) is 0. The highest BCUT2D eigenvalue weighted by Crippen LogP contribution is 2.44. The molecule has 1 aliphatic rings. The van der Waals surface area contributed by atoms with Gasteiger partial charge in [-0.1, -0.05) is 93.6 Å². The summed E-state index contributed by atoms with van der Waals surface area (Å²) in [5, 5.41) is 12.2. The van der Waals surface area contributed by atoms with Gasteiger partial charge in [-0.3, -0.25) is 0 Å². The van der Waals surface area contributed by atoms with Gasteiger partial charge >= 0.3 is 12.1 Å². The molecule has 3 aromatic rings. The Balaban J connectivity index is 1.38. The summed E-state index contributed by atoms with van der Waals surface area (Å²) in [6, 6.07) is 23.0. The van der Waals surface area contributed by atoms with E-state index in [9.17, 15) is 14.7 Å². The van der Waals surface area contributed by atoms with Gasteiger partial charge in [0.2, 0.25) is 0 Å². The third-order valence-electron chi connectivity index (χ3n) is 6.13. The van der Waals surface area contributed by atoms with E-state index >= 15 is 0 Å². The first-order chi connectivity index (χ1) is 16.2. The largest absolute Gasteiger partial charge is 0.480 e. The maximum absolute atomic E-state index is 12.5. The average Bonchev–Trinajstić information content (AvgIpc) is 3.11. The Hall–Kier alpha value is -3.60. The first-order valence-corrected chi connectivity index (χ1v) is 11.6. The molecule has 1 atom stereocenters. The molecule has 0 saturated heterocycles. The van der Waals surface area contributed by atoms with Crippen LogP contribution in [0.15, 0.2) is 72.8 Å². The monoisotopic (exact) mass is 457 g/mol. The third-order valence-corrected chi connectivity index (χ3v) is 6.13. The molecule has 1 unspecified atom stereocenters. The van der Waals surface area contributed by atoms with Crippen LogP contribution in [0.3, 0.4) is 0 Å². The number of carbonyl (C=O) groups is 2. The standard InChI is InChI=1S/C29H31NO4/c1-29(2,3)17-20-14-12-19(13-15-20)16-26(27(31)32)30-28(33)34-18-25-23-10-6-4-8-21(23)22-9-5-7-11-24(22)25/h4-15,25-26H,16-18H2,1-3H3,(H,30,33)(H,31,32). The molecule has 0 fully saturated rings. The predicted molar refractivity (Wildman–Crippen MR) is 133 cm³/mol. The fourth-order valence-corrected chi connectivity index (χ4v) is 4.62. The van der Waals surface area contributed by atoms with E-state index in [1.54, 1.807) is 0 Å². The van der Waals surface area contributed by atoms with E-state index in [4.69, 9.17) is 4.74 Å². The molecule has 4 rings (SSSR count). The first kappa shape index (κ1) is 23.6. The fraction of sp³-hybridized carbons (Fsp3) is 0.310. The maximum atomic E-state index is 12.5. The lowest BCUT2D eigenvalue weighted by molar-refractivity contribution is -0.139. The van der Waals surface area contributed by atoms with Gasteiger partial charge in [0.05, 0.1) is 0 Å². The number of hydrogen-bond acceptors (Lipinski definition) is 3. The van der Waals surface area contributed by atoms with E-state index in [0.717, 1.165) is 34.2 Å². The van der Waals surface area contributed by atoms with Crippen LogP contribution in [0.25, 0.3) is 11.1 Å². The van der Waals surface area contributed by atoms with Crippen molar-refractivity contribution in [2.45, 2.75) is 45.6 Å². The quantitative estimate of drug-likeness (QED) is 0.469. The zero-order valence-electron chi connectivity index (χ0n) is 19.9. The third kappa shape index (κ3) is 5.48. The van der Waals surface area contributed by atoms with E-state index in [0.29, 0.717) is 0 Å². The minimum atomic E-state index is -1.09. The number of alkyl carbamates (subject to hydrolysis) is 1. The Labute approximate surface area is 200 Å². The molecule has 0 heterocycles. The highest BCUT2D eigenvalue weighted by Gasteiger charge is 2.29. The van der Waals surface area contributed by atoms with Crippen LogP contribution in [0, 0.1) is 5.41 Å². The van der Waals surface area contributed by atoms with E-state index in [-0.39, 0.29) is 24.4 Å². The molecule has 0 spiro atoms. The van der Waals surface area contributed by atoms with Crippen LogP contribution in [0.1, 0.15) is 48.9 Å². The van der Waals surface area contributed by atoms with Crippen molar-refractivity contribution in [3.8, 4) is 11.1 Å². The van der Waals surface area contributed by atoms with Gasteiger partial charge in [-0.25, -0.2) is 9.59 Å². The van der Waals surface area contributed by atoms with Crippen molar-refractivity contribution in [3.63, 3.8) is 0 Å². The Morgan fingerprint density at radius 3 is 1.94 bits per heavy atom. The summed E-state index contributed by atoms with van der Waals surface area (Å²) in [4.78, 5) is 24.4. The molecule has 1 aliphatic carbocycles. The first-order valence-electron chi connectivity index (χ1n) is 11.6. The number of nitrogens with one attached hydrogen (secondary N) is 1. The van der Waals surface area contributed by atoms with Crippen LogP contribution in [0.5, 0.6) is 0 Å². The van der Waals surface area contributed by atoms with Gasteiger partial charge in [0.25, 0.3) is 0 Å². The molecule has 0 aromatic heterocycles. The summed E-state index contributed by atoms with van der Waals surface area (Å²) < 4.78 is 5.52. The van der Waals surface area contributed by atoms with Crippen LogP contribution < -0.4 is 5.32 Å². The van der Waals surface area contributed by atoms with Crippen LogP contribution in [-0.4, -0.2) is 29.8 Å². The molecule has 176 valence electrons. The van der Waals surface area contributed by atoms with Gasteiger partial charge in [0, 0.05) is 12.3 Å². The summed E-state index contributed by atoms with van der Waals surface area (Å²) in [5.74, 6) is -1.16. The number of rotatable bonds is 7. The molecule has 1 amide bonds. The van der Waals surface area contributed by atoms with Crippen molar-refractivity contribution in [1.29, 1.82) is 0 Å². The number of benzene rings is 3. The van der Waals surface area contributed by atoms with Crippen molar-refractivity contribution < 1.29 is 19.4 Å².